The van der Waals surface area contributed by atoms with Crippen LogP contribution in [0.1, 0.15) is 37.1 Å². The van der Waals surface area contributed by atoms with Crippen LogP contribution in [-0.2, 0) is 23.1 Å². The van der Waals surface area contributed by atoms with E-state index < -0.39 is 36.7 Å². The molecule has 10 nitrogen and oxygen atoms in total. The molecular weight excluding hydrogens is 497 g/mol. The molecule has 3 rings (SSSR count). The van der Waals surface area contributed by atoms with Crippen LogP contribution in [0.5, 0.6) is 5.75 Å². The highest BCUT2D eigenvalue weighted by molar-refractivity contribution is 5.70. The Kier molecular flexibility index (Phi) is 7.99. The quantitative estimate of drug-likeness (QED) is 0.504. The van der Waals surface area contributed by atoms with Gasteiger partial charge in [-0.05, 0) is 44.7 Å². The summed E-state index contributed by atoms with van der Waals surface area (Å²) in [4.78, 5) is 27.4. The molecule has 1 amide bonds. The number of halogens is 5. The number of aliphatic carboxylic acids is 1. The van der Waals surface area contributed by atoms with E-state index in [9.17, 15) is 36.6 Å². The van der Waals surface area contributed by atoms with Gasteiger partial charge in [-0.25, -0.2) is 14.5 Å². The number of nitrogens with one attached hydrogen (secondary N) is 1. The van der Waals surface area contributed by atoms with Crippen LogP contribution in [0.4, 0.5) is 26.7 Å². The van der Waals surface area contributed by atoms with E-state index in [2.05, 4.69) is 25.3 Å². The van der Waals surface area contributed by atoms with Gasteiger partial charge in [-0.2, -0.15) is 22.0 Å². The Balaban J connectivity index is 1.65. The van der Waals surface area contributed by atoms with Gasteiger partial charge < -0.3 is 19.9 Å². The molecule has 0 saturated heterocycles. The minimum atomic E-state index is -5.85. The van der Waals surface area contributed by atoms with Crippen molar-refractivity contribution in [3.63, 3.8) is 0 Å². The number of pyridine rings is 1. The third kappa shape index (κ3) is 6.37. The molecule has 1 aliphatic rings. The van der Waals surface area contributed by atoms with Crippen LogP contribution in [0.25, 0.3) is 11.4 Å². The fourth-order valence-electron chi connectivity index (χ4n) is 3.68. The molecule has 1 fully saturated rings. The number of rotatable bonds is 8. The summed E-state index contributed by atoms with van der Waals surface area (Å²) < 4.78 is 73.7. The Morgan fingerprint density at radius 3 is 2.58 bits per heavy atom. The number of carbonyl (C=O) groups is 2. The summed E-state index contributed by atoms with van der Waals surface area (Å²) in [6, 6.07) is 3.22. The number of carboxylic acids is 1. The van der Waals surface area contributed by atoms with E-state index in [1.54, 1.807) is 19.1 Å². The summed E-state index contributed by atoms with van der Waals surface area (Å²) in [7, 11) is 1.49. The van der Waals surface area contributed by atoms with Crippen molar-refractivity contribution in [2.24, 2.45) is 13.0 Å². The van der Waals surface area contributed by atoms with Crippen molar-refractivity contribution >= 4 is 12.1 Å². The minimum Gasteiger partial charge on any atom is -0.489 e. The van der Waals surface area contributed by atoms with Crippen LogP contribution in [0, 0.1) is 12.8 Å². The van der Waals surface area contributed by atoms with Gasteiger partial charge in [0.1, 0.15) is 11.4 Å². The van der Waals surface area contributed by atoms with Crippen LogP contribution in [0.2, 0.25) is 0 Å². The summed E-state index contributed by atoms with van der Waals surface area (Å²) in [5, 5.41) is 19.2. The number of aromatic nitrogens is 4. The Labute approximate surface area is 201 Å². The molecule has 0 spiro atoms. The van der Waals surface area contributed by atoms with Crippen molar-refractivity contribution in [3.05, 3.63) is 23.5 Å². The minimum absolute atomic E-state index is 0.233. The fraction of sp³-hybridized carbons (Fsp3) is 0.571. The third-order valence-corrected chi connectivity index (χ3v) is 5.69. The number of aryl methyl sites for hydroxylation is 2. The molecule has 1 aliphatic carbocycles. The number of alkyl carbamates (subject to hydrolysis) is 1. The number of carboxylic acid groups (broad SMARTS) is 1. The van der Waals surface area contributed by atoms with Crippen LogP contribution in [-0.4, -0.2) is 62.0 Å². The molecule has 0 unspecified atom stereocenters. The Morgan fingerprint density at radius 2 is 1.94 bits per heavy atom. The number of carbonyl (C=O) groups excluding carboxylic acids is 1. The first-order chi connectivity index (χ1) is 16.8. The van der Waals surface area contributed by atoms with Gasteiger partial charge >= 0.3 is 24.2 Å². The average molecular weight is 521 g/mol. The van der Waals surface area contributed by atoms with E-state index in [0.717, 1.165) is 12.8 Å². The molecule has 0 aliphatic heterocycles. The SMILES string of the molecule is Cc1nc(-c2nnn(C)c2CNC(=O)OCC(F)(F)C(F)(F)F)ccc1O[C@H]1CCC[C@H](C(=O)O)C1. The molecule has 0 radical (unpaired) electrons. The van der Waals surface area contributed by atoms with Crippen LogP contribution >= 0.6 is 0 Å². The zero-order chi connectivity index (χ0) is 26.7. The summed E-state index contributed by atoms with van der Waals surface area (Å²) in [5.41, 5.74) is 1.35. The first kappa shape index (κ1) is 27.1. The number of hydrogen-bond donors (Lipinski definition) is 2. The average Bonchev–Trinajstić information content (AvgIpc) is 3.17. The lowest BCUT2D eigenvalue weighted by molar-refractivity contribution is -0.292. The van der Waals surface area contributed by atoms with E-state index in [1.165, 1.54) is 11.7 Å². The molecule has 2 aromatic heterocycles. The highest BCUT2D eigenvalue weighted by atomic mass is 19.4. The zero-order valence-electron chi connectivity index (χ0n) is 19.3. The summed E-state index contributed by atoms with van der Waals surface area (Å²) in [5.74, 6) is -6.03. The Hall–Kier alpha value is -3.52. The smallest absolute Gasteiger partial charge is 0.456 e. The second kappa shape index (κ2) is 10.6. The molecule has 0 bridgehead atoms. The molecule has 2 N–H and O–H groups in total. The maximum atomic E-state index is 12.9. The van der Waals surface area contributed by atoms with E-state index in [0.29, 0.717) is 30.0 Å². The lowest BCUT2D eigenvalue weighted by Crippen LogP contribution is -2.42. The van der Waals surface area contributed by atoms with Gasteiger partial charge in [-0.15, -0.1) is 5.10 Å². The summed E-state index contributed by atoms with van der Waals surface area (Å²) >= 11 is 0. The second-order valence-corrected chi connectivity index (χ2v) is 8.36. The molecule has 2 heterocycles. The van der Waals surface area contributed by atoms with E-state index in [1.807, 2.05) is 0 Å². The number of ether oxygens (including phenoxy) is 2. The maximum Gasteiger partial charge on any atom is 0.456 e. The molecule has 36 heavy (non-hydrogen) atoms. The van der Waals surface area contributed by atoms with Gasteiger partial charge in [0.15, 0.2) is 6.61 Å². The van der Waals surface area contributed by atoms with E-state index >= 15 is 0 Å². The van der Waals surface area contributed by atoms with Crippen molar-refractivity contribution in [2.75, 3.05) is 6.61 Å². The van der Waals surface area contributed by atoms with Gasteiger partial charge in [-0.3, -0.25) is 4.79 Å². The largest absolute Gasteiger partial charge is 0.489 e. The first-order valence-electron chi connectivity index (χ1n) is 10.9. The van der Waals surface area contributed by atoms with E-state index in [4.69, 9.17) is 4.74 Å². The van der Waals surface area contributed by atoms with Crippen molar-refractivity contribution in [1.29, 1.82) is 0 Å². The number of nitrogens with zero attached hydrogens (tertiary/aromatic N) is 4. The van der Waals surface area contributed by atoms with Crippen molar-refractivity contribution < 1.29 is 46.1 Å². The molecule has 0 aromatic carbocycles. The van der Waals surface area contributed by atoms with Gasteiger partial charge in [0.05, 0.1) is 35.6 Å². The third-order valence-electron chi connectivity index (χ3n) is 5.69. The summed E-state index contributed by atoms with van der Waals surface area (Å²) in [6.45, 7) is -0.815. The normalized spacial score (nSPS) is 18.5. The van der Waals surface area contributed by atoms with Gasteiger partial charge in [0.2, 0.25) is 0 Å². The summed E-state index contributed by atoms with van der Waals surface area (Å²) in [6.07, 6.45) is -5.14. The lowest BCUT2D eigenvalue weighted by Gasteiger charge is -2.27. The molecule has 1 saturated carbocycles. The fourth-order valence-corrected chi connectivity index (χ4v) is 3.68. The second-order valence-electron chi connectivity index (χ2n) is 8.36. The molecular formula is C21H24F5N5O5. The van der Waals surface area contributed by atoms with Crippen LogP contribution < -0.4 is 10.1 Å². The van der Waals surface area contributed by atoms with E-state index in [-0.39, 0.29) is 24.0 Å². The molecule has 198 valence electrons. The van der Waals surface area contributed by atoms with Crippen molar-refractivity contribution in [2.45, 2.75) is 57.4 Å². The maximum absolute atomic E-state index is 12.9. The predicted octanol–water partition coefficient (Wildman–Crippen LogP) is 3.63. The number of hydrogen-bond acceptors (Lipinski definition) is 7. The Morgan fingerprint density at radius 1 is 1.22 bits per heavy atom. The highest BCUT2D eigenvalue weighted by Crippen LogP contribution is 2.35. The molecule has 2 aromatic rings. The zero-order valence-corrected chi connectivity index (χ0v) is 19.3. The monoisotopic (exact) mass is 521 g/mol. The van der Waals surface area contributed by atoms with Crippen molar-refractivity contribution in [1.82, 2.24) is 25.3 Å². The topological polar surface area (TPSA) is 128 Å². The lowest BCUT2D eigenvalue weighted by atomic mass is 9.87. The van der Waals surface area contributed by atoms with Crippen LogP contribution in [0.3, 0.4) is 0 Å². The molecule has 15 heteroatoms. The number of alkyl halides is 5. The van der Waals surface area contributed by atoms with Gasteiger partial charge in [0, 0.05) is 7.05 Å². The highest BCUT2D eigenvalue weighted by Gasteiger charge is 2.58. The molecule has 2 atom stereocenters. The van der Waals surface area contributed by atoms with Crippen molar-refractivity contribution in [3.8, 4) is 17.1 Å². The first-order valence-corrected chi connectivity index (χ1v) is 10.9. The van der Waals surface area contributed by atoms with Crippen LogP contribution in [0.15, 0.2) is 12.1 Å². The number of amides is 1. The van der Waals surface area contributed by atoms with Gasteiger partial charge in [0.25, 0.3) is 0 Å². The Bertz CT molecular complexity index is 1110. The predicted molar refractivity (Wildman–Crippen MR) is 112 cm³/mol. The standard InChI is InChI=1S/C21H24F5N5O5/c1-11-16(36-13-5-3-4-12(8-13)18(32)33)7-6-14(28-11)17-15(31(2)30-29-17)9-27-19(34)35-10-20(22,23)21(24,25)26/h6-7,12-13H,3-5,8-10H2,1-2H3,(H,27,34)(H,32,33)/t12-,13-/m0/s1. The van der Waals surface area contributed by atoms with Gasteiger partial charge in [-0.1, -0.05) is 5.21 Å².